The summed E-state index contributed by atoms with van der Waals surface area (Å²) in [7, 11) is 0. The molecule has 0 aliphatic carbocycles. The van der Waals surface area contributed by atoms with Gasteiger partial charge in [-0.05, 0) is 30.5 Å². The molecule has 2 amide bonds. The number of nitrogens with one attached hydrogen (secondary N) is 3. The van der Waals surface area contributed by atoms with Crippen LogP contribution >= 0.6 is 11.8 Å². The highest BCUT2D eigenvalue weighted by atomic mass is 32.2. The van der Waals surface area contributed by atoms with Crippen LogP contribution in [-0.4, -0.2) is 48.6 Å². The quantitative estimate of drug-likeness (QED) is 0.714. The molecule has 0 aromatic heterocycles. The van der Waals surface area contributed by atoms with Crippen LogP contribution in [0.5, 0.6) is 0 Å². The molecule has 1 aromatic carbocycles. The average Bonchev–Trinajstić information content (AvgIpc) is 3.16. The first-order valence-electron chi connectivity index (χ1n) is 8.80. The normalized spacial score (nSPS) is 23.2. The molecule has 3 N–H and O–H groups in total. The molecule has 0 bridgehead atoms. The summed E-state index contributed by atoms with van der Waals surface area (Å²) in [6, 6.07) is 7.82. The number of rotatable bonds is 6. The molecule has 2 atom stereocenters. The van der Waals surface area contributed by atoms with Crippen molar-refractivity contribution in [3.05, 3.63) is 29.8 Å². The molecule has 136 valence electrons. The molecule has 7 heteroatoms. The van der Waals surface area contributed by atoms with Crippen molar-refractivity contribution in [1.82, 2.24) is 10.6 Å². The first kappa shape index (κ1) is 18.2. The van der Waals surface area contributed by atoms with Crippen molar-refractivity contribution in [1.29, 1.82) is 0 Å². The topological polar surface area (TPSA) is 79.5 Å². The van der Waals surface area contributed by atoms with Crippen LogP contribution < -0.4 is 16.0 Å². The van der Waals surface area contributed by atoms with Gasteiger partial charge in [-0.1, -0.05) is 12.1 Å². The van der Waals surface area contributed by atoms with Crippen LogP contribution in [0.1, 0.15) is 24.8 Å². The molecule has 2 aliphatic rings. The lowest BCUT2D eigenvalue weighted by molar-refractivity contribution is -0.124. The van der Waals surface area contributed by atoms with Gasteiger partial charge in [-0.15, -0.1) is 0 Å². The monoisotopic (exact) mass is 363 g/mol. The van der Waals surface area contributed by atoms with Gasteiger partial charge in [0.2, 0.25) is 5.91 Å². The van der Waals surface area contributed by atoms with Gasteiger partial charge in [0.25, 0.3) is 5.91 Å². The Kier molecular flexibility index (Phi) is 6.72. The number of carbonyl (C=O) groups is 2. The minimum Gasteiger partial charge on any atom is -0.368 e. The Hall–Kier alpha value is -1.57. The third kappa shape index (κ3) is 5.73. The molecular weight excluding hydrogens is 338 g/mol. The Balaban J connectivity index is 1.46. The van der Waals surface area contributed by atoms with E-state index in [-0.39, 0.29) is 24.0 Å². The molecule has 3 rings (SSSR count). The summed E-state index contributed by atoms with van der Waals surface area (Å²) < 4.78 is 5.39. The Morgan fingerprint density at radius 2 is 2.28 bits per heavy atom. The van der Waals surface area contributed by atoms with Crippen LogP contribution in [0.4, 0.5) is 5.69 Å². The van der Waals surface area contributed by atoms with E-state index >= 15 is 0 Å². The number of ether oxygens (including phenoxy) is 1. The summed E-state index contributed by atoms with van der Waals surface area (Å²) in [5.41, 5.74) is 1.70. The van der Waals surface area contributed by atoms with Gasteiger partial charge in [-0.2, -0.15) is 11.8 Å². The van der Waals surface area contributed by atoms with Gasteiger partial charge in [0.1, 0.15) is 6.10 Å². The van der Waals surface area contributed by atoms with Gasteiger partial charge in [-0.25, -0.2) is 0 Å². The predicted molar refractivity (Wildman–Crippen MR) is 99.6 cm³/mol. The second-order valence-corrected chi connectivity index (χ2v) is 7.55. The number of thioether (sulfide) groups is 1. The van der Waals surface area contributed by atoms with Crippen LogP contribution in [0.25, 0.3) is 0 Å². The second-order valence-electron chi connectivity index (χ2n) is 6.40. The van der Waals surface area contributed by atoms with E-state index in [1.54, 1.807) is 0 Å². The summed E-state index contributed by atoms with van der Waals surface area (Å²) in [6.07, 6.45) is 1.86. The molecule has 0 radical (unpaired) electrons. The molecule has 2 fully saturated rings. The zero-order valence-corrected chi connectivity index (χ0v) is 15.1. The number of anilines is 1. The van der Waals surface area contributed by atoms with Gasteiger partial charge in [-0.3, -0.25) is 9.59 Å². The molecule has 2 heterocycles. The van der Waals surface area contributed by atoms with E-state index < -0.39 is 0 Å². The van der Waals surface area contributed by atoms with Crippen molar-refractivity contribution in [2.75, 3.05) is 30.0 Å². The average molecular weight is 363 g/mol. The zero-order chi connectivity index (χ0) is 17.5. The fraction of sp³-hybridized carbons (Fsp3) is 0.556. The van der Waals surface area contributed by atoms with Crippen LogP contribution in [0.2, 0.25) is 0 Å². The molecule has 0 saturated carbocycles. The van der Waals surface area contributed by atoms with Crippen molar-refractivity contribution in [3.8, 4) is 0 Å². The SMILES string of the molecule is O=C(CC1CSCCN1)NCc1cccc(NC(=O)C2CCCO2)c1. The van der Waals surface area contributed by atoms with Crippen molar-refractivity contribution in [2.45, 2.75) is 38.0 Å². The molecule has 2 unspecified atom stereocenters. The van der Waals surface area contributed by atoms with Crippen LogP contribution in [0, 0.1) is 0 Å². The second kappa shape index (κ2) is 9.22. The number of amides is 2. The van der Waals surface area contributed by atoms with Gasteiger partial charge in [0.15, 0.2) is 0 Å². The highest BCUT2D eigenvalue weighted by Crippen LogP contribution is 2.16. The third-order valence-corrected chi connectivity index (χ3v) is 5.47. The third-order valence-electron chi connectivity index (χ3n) is 4.34. The number of hydrogen-bond acceptors (Lipinski definition) is 5. The number of benzene rings is 1. The van der Waals surface area contributed by atoms with Crippen LogP contribution in [-0.2, 0) is 20.9 Å². The van der Waals surface area contributed by atoms with E-state index in [9.17, 15) is 9.59 Å². The van der Waals surface area contributed by atoms with Crippen LogP contribution in [0.3, 0.4) is 0 Å². The summed E-state index contributed by atoms with van der Waals surface area (Å²) >= 11 is 1.88. The summed E-state index contributed by atoms with van der Waals surface area (Å²) in [4.78, 5) is 24.2. The van der Waals surface area contributed by atoms with E-state index in [4.69, 9.17) is 4.74 Å². The Labute approximate surface area is 152 Å². The summed E-state index contributed by atoms with van der Waals surface area (Å²) in [5, 5.41) is 9.21. The molecular formula is C18H25N3O3S. The molecule has 2 saturated heterocycles. The van der Waals surface area contributed by atoms with E-state index in [1.165, 1.54) is 0 Å². The fourth-order valence-electron chi connectivity index (χ4n) is 3.01. The van der Waals surface area contributed by atoms with E-state index in [2.05, 4.69) is 16.0 Å². The van der Waals surface area contributed by atoms with Crippen LogP contribution in [0.15, 0.2) is 24.3 Å². The minimum absolute atomic E-state index is 0.0498. The molecule has 1 aromatic rings. The molecule has 6 nitrogen and oxygen atoms in total. The molecule has 25 heavy (non-hydrogen) atoms. The maximum absolute atomic E-state index is 12.1. The Morgan fingerprint density at radius 3 is 3.04 bits per heavy atom. The maximum Gasteiger partial charge on any atom is 0.253 e. The van der Waals surface area contributed by atoms with E-state index in [0.717, 1.165) is 42.1 Å². The Morgan fingerprint density at radius 1 is 1.36 bits per heavy atom. The smallest absolute Gasteiger partial charge is 0.253 e. The predicted octanol–water partition coefficient (Wildman–Crippen LogP) is 1.52. The standard InChI is InChI=1S/C18H25N3O3S/c22-17(10-15-12-25-8-6-19-15)20-11-13-3-1-4-14(9-13)21-18(23)16-5-2-7-24-16/h1,3-4,9,15-16,19H,2,5-8,10-12H2,(H,20,22)(H,21,23). The summed E-state index contributed by atoms with van der Waals surface area (Å²) in [6.45, 7) is 2.08. The lowest BCUT2D eigenvalue weighted by Gasteiger charge is -2.22. The fourth-order valence-corrected chi connectivity index (χ4v) is 3.96. The number of carbonyl (C=O) groups excluding carboxylic acids is 2. The zero-order valence-electron chi connectivity index (χ0n) is 14.3. The van der Waals surface area contributed by atoms with Gasteiger partial charge >= 0.3 is 0 Å². The number of hydrogen-bond donors (Lipinski definition) is 3. The Bertz CT molecular complexity index is 599. The van der Waals surface area contributed by atoms with Gasteiger partial charge in [0, 0.05) is 49.4 Å². The minimum atomic E-state index is -0.343. The highest BCUT2D eigenvalue weighted by Gasteiger charge is 2.23. The largest absolute Gasteiger partial charge is 0.368 e. The van der Waals surface area contributed by atoms with E-state index in [1.807, 2.05) is 36.0 Å². The maximum atomic E-state index is 12.1. The summed E-state index contributed by atoms with van der Waals surface area (Å²) in [5.74, 6) is 2.05. The van der Waals surface area contributed by atoms with Crippen molar-refractivity contribution < 1.29 is 14.3 Å². The lowest BCUT2D eigenvalue weighted by atomic mass is 10.1. The first-order chi connectivity index (χ1) is 12.2. The van der Waals surface area contributed by atoms with Crippen molar-refractivity contribution >= 4 is 29.3 Å². The molecule has 0 spiro atoms. The van der Waals surface area contributed by atoms with E-state index in [0.29, 0.717) is 19.6 Å². The van der Waals surface area contributed by atoms with Crippen molar-refractivity contribution in [3.63, 3.8) is 0 Å². The lowest BCUT2D eigenvalue weighted by Crippen LogP contribution is -2.41. The first-order valence-corrected chi connectivity index (χ1v) is 9.95. The van der Waals surface area contributed by atoms with Crippen molar-refractivity contribution in [2.24, 2.45) is 0 Å². The van der Waals surface area contributed by atoms with Gasteiger partial charge < -0.3 is 20.7 Å². The van der Waals surface area contributed by atoms with Gasteiger partial charge in [0.05, 0.1) is 0 Å². The molecule has 2 aliphatic heterocycles. The highest BCUT2D eigenvalue weighted by molar-refractivity contribution is 7.99.